The molecule has 7 heteroatoms. The minimum absolute atomic E-state index is 0.0145. The van der Waals surface area contributed by atoms with Crippen molar-refractivity contribution in [3.05, 3.63) is 12.3 Å². The molecule has 0 aromatic carbocycles. The monoisotopic (exact) mass is 338 g/mol. The number of nitrogens with one attached hydrogen (secondary N) is 1. The minimum Gasteiger partial charge on any atom is -0.355 e. The summed E-state index contributed by atoms with van der Waals surface area (Å²) in [6, 6.07) is 2.31. The molecule has 2 aliphatic rings. The Morgan fingerprint density at radius 3 is 2.57 bits per heavy atom. The maximum Gasteiger partial charge on any atom is 0.224 e. The molecule has 6 nitrogen and oxygen atoms in total. The van der Waals surface area contributed by atoms with Crippen LogP contribution >= 0.6 is 0 Å². The van der Waals surface area contributed by atoms with Crippen LogP contribution in [0.1, 0.15) is 44.9 Å². The summed E-state index contributed by atoms with van der Waals surface area (Å²) < 4.78 is 23.3. The lowest BCUT2D eigenvalue weighted by Crippen LogP contribution is -2.33. The summed E-state index contributed by atoms with van der Waals surface area (Å²) >= 11 is 0. The molecular weight excluding hydrogens is 312 g/mol. The molecule has 1 saturated carbocycles. The molecule has 1 atom stereocenters. The molecule has 0 spiro atoms. The molecule has 1 saturated heterocycles. The van der Waals surface area contributed by atoms with Crippen LogP contribution in [0.3, 0.4) is 0 Å². The van der Waals surface area contributed by atoms with Gasteiger partial charge in [0.25, 0.3) is 0 Å². The highest BCUT2D eigenvalue weighted by Crippen LogP contribution is 2.23. The van der Waals surface area contributed by atoms with Crippen LogP contribution in [0.2, 0.25) is 0 Å². The van der Waals surface area contributed by atoms with Crippen molar-refractivity contribution in [2.75, 3.05) is 28.8 Å². The van der Waals surface area contributed by atoms with E-state index in [2.05, 4.69) is 15.3 Å². The minimum atomic E-state index is -2.89. The van der Waals surface area contributed by atoms with E-state index in [4.69, 9.17) is 0 Å². The van der Waals surface area contributed by atoms with Gasteiger partial charge in [-0.15, -0.1) is 0 Å². The first-order valence-corrected chi connectivity index (χ1v) is 10.4. The molecule has 1 aromatic rings. The highest BCUT2D eigenvalue weighted by Gasteiger charge is 2.31. The molecule has 1 unspecified atom stereocenters. The number of hydrogen-bond acceptors (Lipinski definition) is 6. The summed E-state index contributed by atoms with van der Waals surface area (Å²) in [5.41, 5.74) is 0. The van der Waals surface area contributed by atoms with Crippen molar-refractivity contribution in [2.24, 2.45) is 0 Å². The second kappa shape index (κ2) is 7.03. The Morgan fingerprint density at radius 2 is 1.91 bits per heavy atom. The van der Waals surface area contributed by atoms with Gasteiger partial charge in [-0.05, 0) is 25.3 Å². The molecule has 1 aromatic heterocycles. The Labute approximate surface area is 138 Å². The van der Waals surface area contributed by atoms with Gasteiger partial charge in [-0.3, -0.25) is 0 Å². The predicted octanol–water partition coefficient (Wildman–Crippen LogP) is 2.23. The van der Waals surface area contributed by atoms with Gasteiger partial charge in [0.2, 0.25) is 5.95 Å². The quantitative estimate of drug-likeness (QED) is 0.849. The molecule has 0 radical (unpaired) electrons. The highest BCUT2D eigenvalue weighted by atomic mass is 32.2. The summed E-state index contributed by atoms with van der Waals surface area (Å²) in [5, 5.41) is 3.46. The summed E-state index contributed by atoms with van der Waals surface area (Å²) in [4.78, 5) is 10.9. The van der Waals surface area contributed by atoms with E-state index >= 15 is 0 Å². The maximum absolute atomic E-state index is 11.7. The maximum atomic E-state index is 11.7. The largest absolute Gasteiger partial charge is 0.355 e. The summed E-state index contributed by atoms with van der Waals surface area (Å²) in [6.07, 6.45) is 9.93. The smallest absolute Gasteiger partial charge is 0.224 e. The second-order valence-electron chi connectivity index (χ2n) is 6.74. The third-order valence-corrected chi connectivity index (χ3v) is 6.70. The lowest BCUT2D eigenvalue weighted by Gasteiger charge is -2.25. The second-order valence-corrected chi connectivity index (χ2v) is 8.97. The van der Waals surface area contributed by atoms with Gasteiger partial charge >= 0.3 is 0 Å². The predicted molar refractivity (Wildman–Crippen MR) is 92.6 cm³/mol. The first-order chi connectivity index (χ1) is 11.0. The van der Waals surface area contributed by atoms with Crippen molar-refractivity contribution in [1.29, 1.82) is 0 Å². The number of anilines is 2. The van der Waals surface area contributed by atoms with Crippen molar-refractivity contribution in [3.63, 3.8) is 0 Å². The third kappa shape index (κ3) is 4.34. The molecule has 1 N–H and O–H groups in total. The van der Waals surface area contributed by atoms with E-state index in [1.165, 1.54) is 38.5 Å². The van der Waals surface area contributed by atoms with Crippen LogP contribution in [-0.4, -0.2) is 49.0 Å². The molecule has 0 amide bonds. The Balaban J connectivity index is 1.67. The summed E-state index contributed by atoms with van der Waals surface area (Å²) in [6.45, 7) is 0. The Hall–Kier alpha value is -1.37. The molecular formula is C16H26N4O2S. The Morgan fingerprint density at radius 1 is 1.17 bits per heavy atom. The van der Waals surface area contributed by atoms with E-state index in [0.717, 1.165) is 5.82 Å². The van der Waals surface area contributed by atoms with Crippen LogP contribution in [0.5, 0.6) is 0 Å². The molecule has 1 aliphatic carbocycles. The van der Waals surface area contributed by atoms with E-state index < -0.39 is 9.84 Å². The van der Waals surface area contributed by atoms with Gasteiger partial charge in [0.15, 0.2) is 9.84 Å². The number of aromatic nitrogens is 2. The highest BCUT2D eigenvalue weighted by molar-refractivity contribution is 7.91. The fourth-order valence-corrected chi connectivity index (χ4v) is 5.26. The molecule has 3 rings (SSSR count). The van der Waals surface area contributed by atoms with Crippen molar-refractivity contribution >= 4 is 21.6 Å². The SMILES string of the molecule is CN(c1ccnc(NC2CCCCCC2)n1)C1CCS(=O)(=O)C1. The van der Waals surface area contributed by atoms with Gasteiger partial charge in [0.1, 0.15) is 5.82 Å². The number of nitrogens with zero attached hydrogens (tertiary/aromatic N) is 3. The van der Waals surface area contributed by atoms with Crippen molar-refractivity contribution in [3.8, 4) is 0 Å². The first-order valence-electron chi connectivity index (χ1n) is 8.56. The third-order valence-electron chi connectivity index (χ3n) is 4.95. The average molecular weight is 338 g/mol. The van der Waals surface area contributed by atoms with Gasteiger partial charge in [0.05, 0.1) is 11.5 Å². The fourth-order valence-electron chi connectivity index (χ4n) is 3.49. The Kier molecular flexibility index (Phi) is 5.04. The van der Waals surface area contributed by atoms with E-state index in [-0.39, 0.29) is 17.5 Å². The number of rotatable bonds is 4. The normalized spacial score (nSPS) is 25.0. The van der Waals surface area contributed by atoms with Crippen LogP contribution < -0.4 is 10.2 Å². The molecule has 2 heterocycles. The van der Waals surface area contributed by atoms with Crippen LogP contribution in [-0.2, 0) is 9.84 Å². The number of hydrogen-bond donors (Lipinski definition) is 1. The van der Waals surface area contributed by atoms with Gasteiger partial charge in [-0.25, -0.2) is 13.4 Å². The molecule has 2 fully saturated rings. The summed E-state index contributed by atoms with van der Waals surface area (Å²) in [7, 11) is -0.966. The topological polar surface area (TPSA) is 75.2 Å². The van der Waals surface area contributed by atoms with E-state index in [1.807, 2.05) is 18.0 Å². The zero-order valence-corrected chi connectivity index (χ0v) is 14.6. The lowest BCUT2D eigenvalue weighted by molar-refractivity contribution is 0.600. The molecule has 0 bridgehead atoms. The standard InChI is InChI=1S/C16H26N4O2S/c1-20(14-9-11-23(21,22)12-14)15-8-10-17-16(19-15)18-13-6-4-2-3-5-7-13/h8,10,13-14H,2-7,9,11-12H2,1H3,(H,17,18,19). The molecule has 128 valence electrons. The Bertz CT molecular complexity index is 627. The fraction of sp³-hybridized carbons (Fsp3) is 0.750. The average Bonchev–Trinajstić information content (AvgIpc) is 2.73. The van der Waals surface area contributed by atoms with Crippen molar-refractivity contribution < 1.29 is 8.42 Å². The first kappa shape index (κ1) is 16.5. The lowest BCUT2D eigenvalue weighted by atomic mass is 10.1. The number of sulfone groups is 1. The van der Waals surface area contributed by atoms with Crippen LogP contribution in [0.15, 0.2) is 12.3 Å². The van der Waals surface area contributed by atoms with E-state index in [9.17, 15) is 8.42 Å². The van der Waals surface area contributed by atoms with Crippen LogP contribution in [0, 0.1) is 0 Å². The van der Waals surface area contributed by atoms with Crippen LogP contribution in [0.4, 0.5) is 11.8 Å². The summed E-state index contributed by atoms with van der Waals surface area (Å²) in [5.74, 6) is 1.94. The molecule has 1 aliphatic heterocycles. The van der Waals surface area contributed by atoms with Crippen LogP contribution in [0.25, 0.3) is 0 Å². The van der Waals surface area contributed by atoms with Gasteiger partial charge in [-0.1, -0.05) is 25.7 Å². The molecule has 23 heavy (non-hydrogen) atoms. The van der Waals surface area contributed by atoms with Crippen molar-refractivity contribution in [2.45, 2.75) is 57.0 Å². The van der Waals surface area contributed by atoms with Gasteiger partial charge < -0.3 is 10.2 Å². The van der Waals surface area contributed by atoms with Gasteiger partial charge in [0, 0.05) is 25.3 Å². The van der Waals surface area contributed by atoms with Crippen molar-refractivity contribution in [1.82, 2.24) is 9.97 Å². The van der Waals surface area contributed by atoms with E-state index in [1.54, 1.807) is 6.20 Å². The zero-order valence-electron chi connectivity index (χ0n) is 13.7. The van der Waals surface area contributed by atoms with Gasteiger partial charge in [-0.2, -0.15) is 4.98 Å². The van der Waals surface area contributed by atoms with E-state index in [0.29, 0.717) is 18.4 Å². The zero-order chi connectivity index (χ0) is 16.3.